The molecular formula is C15H11Cl3N4O2. The minimum Gasteiger partial charge on any atom is -0.487 e. The Balaban J connectivity index is 1.98. The van der Waals surface area contributed by atoms with Crippen molar-refractivity contribution in [3.63, 3.8) is 0 Å². The zero-order valence-corrected chi connectivity index (χ0v) is 14.7. The monoisotopic (exact) mass is 384 g/mol. The maximum absolute atomic E-state index is 12.1. The zero-order valence-electron chi connectivity index (χ0n) is 12.4. The van der Waals surface area contributed by atoms with Crippen LogP contribution in [0, 0.1) is 0 Å². The molecule has 0 unspecified atom stereocenters. The lowest BCUT2D eigenvalue weighted by Crippen LogP contribution is -2.23. The van der Waals surface area contributed by atoms with Gasteiger partial charge in [-0.25, -0.2) is 4.79 Å². The highest BCUT2D eigenvalue weighted by Gasteiger charge is 2.15. The molecule has 0 aliphatic rings. The molecule has 0 aliphatic heterocycles. The molecule has 0 N–H and O–H groups in total. The van der Waals surface area contributed by atoms with Gasteiger partial charge in [0.05, 0.1) is 10.7 Å². The molecule has 3 rings (SSSR count). The van der Waals surface area contributed by atoms with E-state index in [9.17, 15) is 4.79 Å². The van der Waals surface area contributed by atoms with Gasteiger partial charge in [0, 0.05) is 28.7 Å². The van der Waals surface area contributed by atoms with E-state index in [1.54, 1.807) is 36.4 Å². The number of hydrogen-bond acceptors (Lipinski definition) is 4. The van der Waals surface area contributed by atoms with Crippen LogP contribution in [0.25, 0.3) is 5.69 Å². The van der Waals surface area contributed by atoms with Crippen molar-refractivity contribution in [3.05, 3.63) is 67.5 Å². The van der Waals surface area contributed by atoms with Crippen molar-refractivity contribution < 1.29 is 4.74 Å². The SMILES string of the molecule is Cn1nnn(-c2cccc(Cl)c2COc2cc(Cl)ccc2Cl)c1=O. The van der Waals surface area contributed by atoms with Crippen LogP contribution < -0.4 is 10.4 Å². The molecular weight excluding hydrogens is 375 g/mol. The van der Waals surface area contributed by atoms with Crippen molar-refractivity contribution in [2.45, 2.75) is 6.61 Å². The van der Waals surface area contributed by atoms with Crippen molar-refractivity contribution in [3.8, 4) is 11.4 Å². The summed E-state index contributed by atoms with van der Waals surface area (Å²) in [5, 5.41) is 8.89. The van der Waals surface area contributed by atoms with Crippen LogP contribution in [0.4, 0.5) is 0 Å². The summed E-state index contributed by atoms with van der Waals surface area (Å²) >= 11 is 18.3. The molecule has 0 spiro atoms. The number of aryl methyl sites for hydroxylation is 1. The number of ether oxygens (including phenoxy) is 1. The van der Waals surface area contributed by atoms with Gasteiger partial charge < -0.3 is 4.74 Å². The van der Waals surface area contributed by atoms with Crippen LogP contribution in [0.1, 0.15) is 5.56 Å². The highest BCUT2D eigenvalue weighted by Crippen LogP contribution is 2.30. The minimum atomic E-state index is -0.390. The van der Waals surface area contributed by atoms with E-state index in [0.29, 0.717) is 32.1 Å². The Kier molecular flexibility index (Phi) is 4.80. The Labute approximate surface area is 152 Å². The fourth-order valence-corrected chi connectivity index (χ4v) is 2.65. The third-order valence-electron chi connectivity index (χ3n) is 3.31. The van der Waals surface area contributed by atoms with Gasteiger partial charge in [-0.05, 0) is 34.7 Å². The van der Waals surface area contributed by atoms with Gasteiger partial charge in [0.1, 0.15) is 12.4 Å². The van der Waals surface area contributed by atoms with Crippen LogP contribution >= 0.6 is 34.8 Å². The number of tetrazole rings is 1. The molecule has 0 radical (unpaired) electrons. The molecule has 3 aromatic rings. The lowest BCUT2D eigenvalue weighted by Gasteiger charge is -2.13. The summed E-state index contributed by atoms with van der Waals surface area (Å²) < 4.78 is 8.00. The Morgan fingerprint density at radius 3 is 2.58 bits per heavy atom. The second-order valence-corrected chi connectivity index (χ2v) is 6.15. The fourth-order valence-electron chi connectivity index (χ4n) is 2.09. The van der Waals surface area contributed by atoms with E-state index in [2.05, 4.69) is 10.4 Å². The number of nitrogens with zero attached hydrogens (tertiary/aromatic N) is 4. The van der Waals surface area contributed by atoms with Gasteiger partial charge >= 0.3 is 5.69 Å². The minimum absolute atomic E-state index is 0.0814. The number of aromatic nitrogens is 4. The van der Waals surface area contributed by atoms with Crippen LogP contribution in [0.5, 0.6) is 5.75 Å². The molecule has 0 fully saturated rings. The van der Waals surface area contributed by atoms with Gasteiger partial charge in [-0.2, -0.15) is 9.36 Å². The van der Waals surface area contributed by atoms with E-state index >= 15 is 0 Å². The Morgan fingerprint density at radius 1 is 1.08 bits per heavy atom. The van der Waals surface area contributed by atoms with Crippen molar-refractivity contribution in [2.24, 2.45) is 7.05 Å². The van der Waals surface area contributed by atoms with Crippen LogP contribution in [-0.4, -0.2) is 19.8 Å². The summed E-state index contributed by atoms with van der Waals surface area (Å²) in [6, 6.07) is 10.0. The predicted molar refractivity (Wildman–Crippen MR) is 92.4 cm³/mol. The molecule has 2 aromatic carbocycles. The summed E-state index contributed by atoms with van der Waals surface area (Å²) in [5.74, 6) is 0.418. The third-order valence-corrected chi connectivity index (χ3v) is 4.21. The quantitative estimate of drug-likeness (QED) is 0.689. The Bertz CT molecular complexity index is 952. The summed E-state index contributed by atoms with van der Waals surface area (Å²) in [7, 11) is 1.51. The number of halogens is 3. The number of hydrogen-bond donors (Lipinski definition) is 0. The second kappa shape index (κ2) is 6.84. The first-order valence-electron chi connectivity index (χ1n) is 6.82. The van der Waals surface area contributed by atoms with E-state index in [1.807, 2.05) is 0 Å². The topological polar surface area (TPSA) is 61.9 Å². The first-order chi connectivity index (χ1) is 11.5. The molecule has 9 heteroatoms. The Hall–Kier alpha value is -2.02. The van der Waals surface area contributed by atoms with Gasteiger partial charge in [-0.1, -0.05) is 40.9 Å². The Morgan fingerprint density at radius 2 is 1.88 bits per heavy atom. The van der Waals surface area contributed by atoms with Crippen molar-refractivity contribution in [2.75, 3.05) is 0 Å². The van der Waals surface area contributed by atoms with Crippen LogP contribution in [-0.2, 0) is 13.7 Å². The third kappa shape index (κ3) is 3.26. The summed E-state index contributed by atoms with van der Waals surface area (Å²) in [4.78, 5) is 12.1. The largest absolute Gasteiger partial charge is 0.487 e. The van der Waals surface area contributed by atoms with Crippen LogP contribution in [0.2, 0.25) is 15.1 Å². The molecule has 6 nitrogen and oxygen atoms in total. The maximum atomic E-state index is 12.1. The molecule has 1 aromatic heterocycles. The smallest absolute Gasteiger partial charge is 0.368 e. The average molecular weight is 386 g/mol. The molecule has 0 saturated heterocycles. The lowest BCUT2D eigenvalue weighted by atomic mass is 10.2. The van der Waals surface area contributed by atoms with E-state index in [-0.39, 0.29) is 12.3 Å². The van der Waals surface area contributed by atoms with Gasteiger partial charge in [0.15, 0.2) is 0 Å². The van der Waals surface area contributed by atoms with Crippen molar-refractivity contribution in [1.29, 1.82) is 0 Å². The highest BCUT2D eigenvalue weighted by molar-refractivity contribution is 6.34. The molecule has 0 saturated carbocycles. The zero-order chi connectivity index (χ0) is 17.3. The van der Waals surface area contributed by atoms with Gasteiger partial charge in [0.25, 0.3) is 0 Å². The lowest BCUT2D eigenvalue weighted by molar-refractivity contribution is 0.306. The molecule has 24 heavy (non-hydrogen) atoms. The summed E-state index contributed by atoms with van der Waals surface area (Å²) in [6.07, 6.45) is 0. The van der Waals surface area contributed by atoms with E-state index in [4.69, 9.17) is 39.5 Å². The van der Waals surface area contributed by atoms with E-state index in [0.717, 1.165) is 9.36 Å². The van der Waals surface area contributed by atoms with Gasteiger partial charge in [-0.3, -0.25) is 0 Å². The maximum Gasteiger partial charge on any atom is 0.368 e. The summed E-state index contributed by atoms with van der Waals surface area (Å²) in [5.41, 5.74) is 0.677. The first kappa shape index (κ1) is 16.8. The first-order valence-corrected chi connectivity index (χ1v) is 7.95. The van der Waals surface area contributed by atoms with Crippen molar-refractivity contribution >= 4 is 34.8 Å². The molecule has 1 heterocycles. The van der Waals surface area contributed by atoms with E-state index in [1.165, 1.54) is 7.05 Å². The fraction of sp³-hybridized carbons (Fsp3) is 0.133. The van der Waals surface area contributed by atoms with Crippen molar-refractivity contribution in [1.82, 2.24) is 19.8 Å². The standard InChI is InChI=1S/C15H11Cl3N4O2/c1-21-15(23)22(20-19-21)13-4-2-3-11(17)10(13)8-24-14-7-9(16)5-6-12(14)18/h2-7H,8H2,1H3. The second-order valence-electron chi connectivity index (χ2n) is 4.90. The van der Waals surface area contributed by atoms with Gasteiger partial charge in [-0.15, -0.1) is 0 Å². The molecule has 0 bridgehead atoms. The number of rotatable bonds is 4. The predicted octanol–water partition coefficient (Wildman–Crippen LogP) is 3.51. The summed E-state index contributed by atoms with van der Waals surface area (Å²) in [6.45, 7) is 0.0814. The highest BCUT2D eigenvalue weighted by atomic mass is 35.5. The average Bonchev–Trinajstić information content (AvgIpc) is 2.88. The van der Waals surface area contributed by atoms with E-state index < -0.39 is 0 Å². The molecule has 0 aliphatic carbocycles. The number of benzene rings is 2. The molecule has 124 valence electrons. The molecule has 0 amide bonds. The van der Waals surface area contributed by atoms with Crippen LogP contribution in [0.15, 0.2) is 41.2 Å². The normalized spacial score (nSPS) is 10.8. The van der Waals surface area contributed by atoms with Gasteiger partial charge in [0.2, 0.25) is 0 Å². The molecule has 0 atom stereocenters. The van der Waals surface area contributed by atoms with Crippen LogP contribution in [0.3, 0.4) is 0 Å².